The number of nitrogens with zero attached hydrogens (tertiary/aromatic N) is 1. The third-order valence-electron chi connectivity index (χ3n) is 3.78. The zero-order valence-electron chi connectivity index (χ0n) is 9.82. The number of hydrogen-bond donors (Lipinski definition) is 0. The second-order valence-electron chi connectivity index (χ2n) is 4.98. The molecule has 3 nitrogen and oxygen atoms in total. The maximum absolute atomic E-state index is 12.2. The molecule has 0 aliphatic carbocycles. The maximum Gasteiger partial charge on any atom is 0.251 e. The Hall–Kier alpha value is -0.0900. The van der Waals surface area contributed by atoms with Crippen LogP contribution in [0.25, 0.3) is 0 Å². The number of likely N-dealkylation sites (tertiary alicyclic amines) is 1. The molecule has 2 fully saturated rings. The van der Waals surface area contributed by atoms with Gasteiger partial charge in [-0.1, -0.05) is 22.9 Å². The summed E-state index contributed by atoms with van der Waals surface area (Å²) in [6.07, 6.45) is 3.10. The van der Waals surface area contributed by atoms with Crippen LogP contribution in [-0.4, -0.2) is 41.9 Å². The first-order valence-corrected chi connectivity index (χ1v) is 7.31. The minimum Gasteiger partial charge on any atom is -0.368 e. The Bertz CT molecular complexity index is 251. The molecule has 0 N–H and O–H groups in total. The molecule has 0 aromatic heterocycles. The Morgan fingerprint density at radius 1 is 1.38 bits per heavy atom. The lowest BCUT2D eigenvalue weighted by molar-refractivity contribution is -0.143. The number of ether oxygens (including phenoxy) is 1. The van der Waals surface area contributed by atoms with Gasteiger partial charge in [-0.15, -0.1) is 0 Å². The summed E-state index contributed by atoms with van der Waals surface area (Å²) >= 11 is 3.52. The predicted molar refractivity (Wildman–Crippen MR) is 66.6 cm³/mol. The highest BCUT2D eigenvalue weighted by Crippen LogP contribution is 2.25. The molecule has 92 valence electrons. The Kier molecular flexibility index (Phi) is 4.25. The first-order valence-electron chi connectivity index (χ1n) is 6.18. The van der Waals surface area contributed by atoms with E-state index in [1.807, 2.05) is 4.90 Å². The number of alkyl halides is 1. The van der Waals surface area contributed by atoms with Gasteiger partial charge in [-0.05, 0) is 31.1 Å². The van der Waals surface area contributed by atoms with E-state index < -0.39 is 0 Å². The summed E-state index contributed by atoms with van der Waals surface area (Å²) in [5, 5.41) is 1.06. The van der Waals surface area contributed by atoms with E-state index >= 15 is 0 Å². The van der Waals surface area contributed by atoms with E-state index in [1.165, 1.54) is 0 Å². The highest BCUT2D eigenvalue weighted by atomic mass is 79.9. The highest BCUT2D eigenvalue weighted by Gasteiger charge is 2.35. The van der Waals surface area contributed by atoms with E-state index in [4.69, 9.17) is 4.74 Å². The van der Waals surface area contributed by atoms with Crippen LogP contribution < -0.4 is 0 Å². The molecule has 0 bridgehead atoms. The van der Waals surface area contributed by atoms with Crippen molar-refractivity contribution in [3.05, 3.63) is 0 Å². The lowest BCUT2D eigenvalue weighted by Crippen LogP contribution is -2.45. The molecule has 2 heterocycles. The largest absolute Gasteiger partial charge is 0.368 e. The molecule has 2 aliphatic rings. The average Bonchev–Trinajstić information content (AvgIpc) is 2.75. The SMILES string of the molecule is CC1CCOC1C(=O)N1CCC(CBr)CC1. The van der Waals surface area contributed by atoms with Gasteiger partial charge in [0.1, 0.15) is 6.10 Å². The molecule has 2 atom stereocenters. The van der Waals surface area contributed by atoms with Crippen molar-refractivity contribution < 1.29 is 9.53 Å². The zero-order chi connectivity index (χ0) is 11.5. The molecular weight excluding hydrogens is 270 g/mol. The van der Waals surface area contributed by atoms with Gasteiger partial charge in [-0.25, -0.2) is 0 Å². The molecule has 0 saturated carbocycles. The van der Waals surface area contributed by atoms with E-state index in [9.17, 15) is 4.79 Å². The van der Waals surface area contributed by atoms with Crippen LogP contribution in [0.3, 0.4) is 0 Å². The lowest BCUT2D eigenvalue weighted by Gasteiger charge is -2.33. The molecule has 0 aromatic rings. The van der Waals surface area contributed by atoms with Crippen LogP contribution in [-0.2, 0) is 9.53 Å². The van der Waals surface area contributed by atoms with Gasteiger partial charge in [-0.3, -0.25) is 4.79 Å². The van der Waals surface area contributed by atoms with Crippen molar-refractivity contribution in [1.29, 1.82) is 0 Å². The first-order chi connectivity index (χ1) is 7.72. The van der Waals surface area contributed by atoms with Gasteiger partial charge in [0.05, 0.1) is 0 Å². The Morgan fingerprint density at radius 2 is 2.06 bits per heavy atom. The minimum atomic E-state index is -0.166. The number of amides is 1. The highest BCUT2D eigenvalue weighted by molar-refractivity contribution is 9.09. The van der Waals surface area contributed by atoms with Gasteiger partial charge >= 0.3 is 0 Å². The summed E-state index contributed by atoms with van der Waals surface area (Å²) < 4.78 is 5.53. The maximum atomic E-state index is 12.2. The smallest absolute Gasteiger partial charge is 0.251 e. The third kappa shape index (κ3) is 2.59. The zero-order valence-corrected chi connectivity index (χ0v) is 11.4. The van der Waals surface area contributed by atoms with Gasteiger partial charge in [0.25, 0.3) is 5.91 Å². The number of halogens is 1. The van der Waals surface area contributed by atoms with E-state index in [2.05, 4.69) is 22.9 Å². The summed E-state index contributed by atoms with van der Waals surface area (Å²) in [6, 6.07) is 0. The second kappa shape index (κ2) is 5.50. The number of carbonyl (C=O) groups is 1. The van der Waals surface area contributed by atoms with Crippen molar-refractivity contribution in [2.45, 2.75) is 32.3 Å². The predicted octanol–water partition coefficient (Wildman–Crippen LogP) is 2.04. The Labute approximate surface area is 106 Å². The van der Waals surface area contributed by atoms with Crippen molar-refractivity contribution in [3.8, 4) is 0 Å². The summed E-state index contributed by atoms with van der Waals surface area (Å²) in [5.74, 6) is 1.35. The number of carbonyl (C=O) groups excluding carboxylic acids is 1. The van der Waals surface area contributed by atoms with Crippen LogP contribution in [0.4, 0.5) is 0 Å². The lowest BCUT2D eigenvalue weighted by atomic mass is 9.97. The van der Waals surface area contributed by atoms with Crippen LogP contribution in [0.1, 0.15) is 26.2 Å². The fourth-order valence-electron chi connectivity index (χ4n) is 2.50. The number of rotatable bonds is 2. The van der Waals surface area contributed by atoms with Gasteiger partial charge < -0.3 is 9.64 Å². The molecule has 1 amide bonds. The number of hydrogen-bond acceptors (Lipinski definition) is 2. The fraction of sp³-hybridized carbons (Fsp3) is 0.917. The standard InChI is InChI=1S/C12H20BrNO2/c1-9-4-7-16-11(9)12(15)14-5-2-10(8-13)3-6-14/h9-11H,2-8H2,1H3. The molecule has 2 saturated heterocycles. The fourth-order valence-corrected chi connectivity index (χ4v) is 3.15. The second-order valence-corrected chi connectivity index (χ2v) is 5.63. The van der Waals surface area contributed by atoms with Crippen LogP contribution >= 0.6 is 15.9 Å². The van der Waals surface area contributed by atoms with Crippen LogP contribution in [0, 0.1) is 11.8 Å². The molecule has 2 aliphatic heterocycles. The molecule has 16 heavy (non-hydrogen) atoms. The normalized spacial score (nSPS) is 32.0. The van der Waals surface area contributed by atoms with Crippen molar-refractivity contribution >= 4 is 21.8 Å². The molecular formula is C12H20BrNO2. The van der Waals surface area contributed by atoms with Gasteiger partial charge in [0.2, 0.25) is 0 Å². The quantitative estimate of drug-likeness (QED) is 0.728. The first kappa shape index (κ1) is 12.4. The van der Waals surface area contributed by atoms with Crippen LogP contribution in [0.2, 0.25) is 0 Å². The van der Waals surface area contributed by atoms with E-state index in [0.29, 0.717) is 5.92 Å². The third-order valence-corrected chi connectivity index (χ3v) is 4.69. The minimum absolute atomic E-state index is 0.166. The average molecular weight is 290 g/mol. The Balaban J connectivity index is 1.86. The van der Waals surface area contributed by atoms with Crippen molar-refractivity contribution in [1.82, 2.24) is 4.90 Å². The molecule has 0 spiro atoms. The van der Waals surface area contributed by atoms with Crippen LogP contribution in [0.5, 0.6) is 0 Å². The van der Waals surface area contributed by atoms with Crippen molar-refractivity contribution in [2.24, 2.45) is 11.8 Å². The summed E-state index contributed by atoms with van der Waals surface area (Å²) in [4.78, 5) is 14.2. The van der Waals surface area contributed by atoms with Gasteiger partial charge in [0.15, 0.2) is 0 Å². The van der Waals surface area contributed by atoms with Crippen molar-refractivity contribution in [3.63, 3.8) is 0 Å². The van der Waals surface area contributed by atoms with Gasteiger partial charge in [0, 0.05) is 25.0 Å². The van der Waals surface area contributed by atoms with Gasteiger partial charge in [-0.2, -0.15) is 0 Å². The molecule has 2 unspecified atom stereocenters. The Morgan fingerprint density at radius 3 is 2.56 bits per heavy atom. The van der Waals surface area contributed by atoms with Crippen LogP contribution in [0.15, 0.2) is 0 Å². The topological polar surface area (TPSA) is 29.5 Å². The van der Waals surface area contributed by atoms with E-state index in [0.717, 1.165) is 50.2 Å². The molecule has 4 heteroatoms. The number of piperidine rings is 1. The van der Waals surface area contributed by atoms with Crippen molar-refractivity contribution in [2.75, 3.05) is 25.0 Å². The monoisotopic (exact) mass is 289 g/mol. The summed E-state index contributed by atoms with van der Waals surface area (Å²) in [5.41, 5.74) is 0. The molecule has 0 aromatic carbocycles. The summed E-state index contributed by atoms with van der Waals surface area (Å²) in [6.45, 7) is 4.67. The molecule has 2 rings (SSSR count). The van der Waals surface area contributed by atoms with E-state index in [1.54, 1.807) is 0 Å². The molecule has 0 radical (unpaired) electrons. The summed E-state index contributed by atoms with van der Waals surface area (Å²) in [7, 11) is 0. The van der Waals surface area contributed by atoms with E-state index in [-0.39, 0.29) is 12.0 Å².